The Hall–Kier alpha value is -3.25. The summed E-state index contributed by atoms with van der Waals surface area (Å²) in [4.78, 5) is 39.4. The summed E-state index contributed by atoms with van der Waals surface area (Å²) in [5.41, 5.74) is -0.360. The molecule has 0 aliphatic rings. The molecule has 0 atom stereocenters. The second kappa shape index (κ2) is 9.80. The minimum absolute atomic E-state index is 0.0987. The topological polar surface area (TPSA) is 139 Å². The zero-order valence-electron chi connectivity index (χ0n) is 16.1. The van der Waals surface area contributed by atoms with Gasteiger partial charge in [0.2, 0.25) is 0 Å². The SMILES string of the molecule is COCCOc1cc([N+](=O)[O-])c(C(=O)Nc2nc(C)c(C(=O)OC)s2)cc1OC. The highest BCUT2D eigenvalue weighted by Gasteiger charge is 2.26. The summed E-state index contributed by atoms with van der Waals surface area (Å²) in [6.45, 7) is 1.99. The van der Waals surface area contributed by atoms with Gasteiger partial charge in [-0.1, -0.05) is 11.3 Å². The summed E-state index contributed by atoms with van der Waals surface area (Å²) in [5.74, 6) is -1.14. The van der Waals surface area contributed by atoms with Crippen LogP contribution in [0.15, 0.2) is 12.1 Å². The van der Waals surface area contributed by atoms with E-state index in [4.69, 9.17) is 14.2 Å². The lowest BCUT2D eigenvalue weighted by Gasteiger charge is -2.12. The predicted molar refractivity (Wildman–Crippen MR) is 103 cm³/mol. The average Bonchev–Trinajstić information content (AvgIpc) is 3.06. The molecule has 11 nitrogen and oxygen atoms in total. The fourth-order valence-electron chi connectivity index (χ4n) is 2.29. The van der Waals surface area contributed by atoms with Crippen LogP contribution in [0, 0.1) is 17.0 Å². The number of aryl methyl sites for hydroxylation is 1. The lowest BCUT2D eigenvalue weighted by atomic mass is 10.1. The molecule has 0 saturated carbocycles. The summed E-state index contributed by atoms with van der Waals surface area (Å²) in [7, 11) is 4.06. The lowest BCUT2D eigenvalue weighted by molar-refractivity contribution is -0.385. The Morgan fingerprint density at radius 3 is 2.52 bits per heavy atom. The predicted octanol–water partition coefficient (Wildman–Crippen LogP) is 2.43. The molecule has 1 aromatic carbocycles. The van der Waals surface area contributed by atoms with Gasteiger partial charge >= 0.3 is 5.97 Å². The fourth-order valence-corrected chi connectivity index (χ4v) is 3.17. The average molecular weight is 425 g/mol. The van der Waals surface area contributed by atoms with Crippen LogP contribution in [0.1, 0.15) is 25.7 Å². The lowest BCUT2D eigenvalue weighted by Crippen LogP contribution is -2.15. The van der Waals surface area contributed by atoms with Crippen molar-refractivity contribution in [2.75, 3.05) is 39.9 Å². The number of benzene rings is 1. The van der Waals surface area contributed by atoms with Gasteiger partial charge in [-0.05, 0) is 6.92 Å². The summed E-state index contributed by atoms with van der Waals surface area (Å²) >= 11 is 0.899. The molecule has 2 rings (SSSR count). The Bertz CT molecular complexity index is 928. The summed E-state index contributed by atoms with van der Waals surface area (Å²) < 4.78 is 20.1. The van der Waals surface area contributed by atoms with Gasteiger partial charge in [0.1, 0.15) is 17.0 Å². The number of nitro groups is 1. The van der Waals surface area contributed by atoms with Gasteiger partial charge < -0.3 is 18.9 Å². The third kappa shape index (κ3) is 5.18. The molecule has 0 unspecified atom stereocenters. The normalized spacial score (nSPS) is 10.3. The van der Waals surface area contributed by atoms with E-state index in [1.54, 1.807) is 6.92 Å². The zero-order valence-corrected chi connectivity index (χ0v) is 17.0. The number of methoxy groups -OCH3 is 3. The summed E-state index contributed by atoms with van der Waals surface area (Å²) in [6, 6.07) is 2.31. The summed E-state index contributed by atoms with van der Waals surface area (Å²) in [6.07, 6.45) is 0. The molecule has 0 bridgehead atoms. The Kier molecular flexibility index (Phi) is 7.45. The van der Waals surface area contributed by atoms with Gasteiger partial charge in [0.25, 0.3) is 11.6 Å². The number of esters is 1. The number of amides is 1. The highest BCUT2D eigenvalue weighted by Crippen LogP contribution is 2.35. The third-order valence-corrected chi connectivity index (χ3v) is 4.71. The summed E-state index contributed by atoms with van der Waals surface area (Å²) in [5, 5.41) is 14.0. The quantitative estimate of drug-likeness (QED) is 0.278. The number of nitrogens with zero attached hydrogens (tertiary/aromatic N) is 2. The van der Waals surface area contributed by atoms with Crippen LogP contribution in [0.2, 0.25) is 0 Å². The van der Waals surface area contributed by atoms with Crippen molar-refractivity contribution in [1.82, 2.24) is 4.98 Å². The number of nitrogens with one attached hydrogen (secondary N) is 1. The van der Waals surface area contributed by atoms with E-state index < -0.39 is 22.5 Å². The minimum Gasteiger partial charge on any atom is -0.493 e. The van der Waals surface area contributed by atoms with Crippen LogP contribution in [-0.4, -0.2) is 56.3 Å². The standard InChI is InChI=1S/C17H19N3O8S/c1-9-14(16(22)27-4)29-17(18-9)19-15(21)10-7-12(26-3)13(28-6-5-25-2)8-11(10)20(23)24/h7-8H,5-6H2,1-4H3,(H,18,19,21). The van der Waals surface area contributed by atoms with Crippen molar-refractivity contribution in [3.8, 4) is 11.5 Å². The fraction of sp³-hybridized carbons (Fsp3) is 0.353. The first-order chi connectivity index (χ1) is 13.8. The molecular weight excluding hydrogens is 406 g/mol. The second-order valence-corrected chi connectivity index (χ2v) is 6.50. The smallest absolute Gasteiger partial charge is 0.350 e. The van der Waals surface area contributed by atoms with E-state index in [2.05, 4.69) is 15.0 Å². The molecular formula is C17H19N3O8S. The monoisotopic (exact) mass is 425 g/mol. The maximum atomic E-state index is 12.7. The third-order valence-electron chi connectivity index (χ3n) is 3.66. The molecule has 1 aromatic heterocycles. The number of ether oxygens (including phenoxy) is 4. The van der Waals surface area contributed by atoms with Crippen LogP contribution in [0.5, 0.6) is 11.5 Å². The van der Waals surface area contributed by atoms with Gasteiger partial charge in [-0.3, -0.25) is 20.2 Å². The Morgan fingerprint density at radius 1 is 1.21 bits per heavy atom. The van der Waals surface area contributed by atoms with E-state index in [-0.39, 0.29) is 40.3 Å². The number of carbonyl (C=O) groups excluding carboxylic acids is 2. The highest BCUT2D eigenvalue weighted by atomic mass is 32.1. The highest BCUT2D eigenvalue weighted by molar-refractivity contribution is 7.17. The minimum atomic E-state index is -0.788. The Balaban J connectivity index is 2.35. The molecule has 156 valence electrons. The molecule has 1 N–H and O–H groups in total. The van der Waals surface area contributed by atoms with E-state index >= 15 is 0 Å². The molecule has 0 aliphatic heterocycles. The van der Waals surface area contributed by atoms with Crippen LogP contribution in [-0.2, 0) is 9.47 Å². The van der Waals surface area contributed by atoms with Crippen LogP contribution in [0.4, 0.5) is 10.8 Å². The first-order valence-electron chi connectivity index (χ1n) is 8.17. The second-order valence-electron chi connectivity index (χ2n) is 5.50. The first kappa shape index (κ1) is 22.0. The van der Waals surface area contributed by atoms with Crippen molar-refractivity contribution in [3.63, 3.8) is 0 Å². The van der Waals surface area contributed by atoms with E-state index in [0.29, 0.717) is 5.69 Å². The van der Waals surface area contributed by atoms with Crippen LogP contribution in [0.3, 0.4) is 0 Å². The number of aromatic nitrogens is 1. The van der Waals surface area contributed by atoms with E-state index in [0.717, 1.165) is 17.4 Å². The number of hydrogen-bond donors (Lipinski definition) is 1. The van der Waals surface area contributed by atoms with Crippen molar-refractivity contribution in [2.24, 2.45) is 0 Å². The van der Waals surface area contributed by atoms with Gasteiger partial charge in [-0.2, -0.15) is 0 Å². The number of rotatable bonds is 9. The van der Waals surface area contributed by atoms with Crippen molar-refractivity contribution in [2.45, 2.75) is 6.92 Å². The Labute approximate surface area is 169 Å². The van der Waals surface area contributed by atoms with E-state index in [1.165, 1.54) is 27.4 Å². The van der Waals surface area contributed by atoms with Crippen LogP contribution >= 0.6 is 11.3 Å². The number of carbonyl (C=O) groups is 2. The van der Waals surface area contributed by atoms with E-state index in [1.807, 2.05) is 0 Å². The molecule has 1 heterocycles. The van der Waals surface area contributed by atoms with Gasteiger partial charge in [0.05, 0.1) is 37.5 Å². The molecule has 1 amide bonds. The van der Waals surface area contributed by atoms with Crippen molar-refractivity contribution < 1.29 is 33.5 Å². The molecule has 0 fully saturated rings. The number of thiazole rings is 1. The van der Waals surface area contributed by atoms with Crippen molar-refractivity contribution in [1.29, 1.82) is 0 Å². The molecule has 0 radical (unpaired) electrons. The van der Waals surface area contributed by atoms with Gasteiger partial charge in [-0.15, -0.1) is 0 Å². The molecule has 0 aliphatic carbocycles. The van der Waals surface area contributed by atoms with Crippen molar-refractivity contribution >= 4 is 34.0 Å². The largest absolute Gasteiger partial charge is 0.493 e. The molecule has 12 heteroatoms. The number of hydrogen-bond acceptors (Lipinski definition) is 10. The van der Waals surface area contributed by atoms with Crippen molar-refractivity contribution in [3.05, 3.63) is 38.4 Å². The maximum Gasteiger partial charge on any atom is 0.350 e. The Morgan fingerprint density at radius 2 is 1.93 bits per heavy atom. The zero-order chi connectivity index (χ0) is 21.6. The first-order valence-corrected chi connectivity index (χ1v) is 8.99. The van der Waals surface area contributed by atoms with Gasteiger partial charge in [0.15, 0.2) is 16.6 Å². The van der Waals surface area contributed by atoms with Crippen LogP contribution in [0.25, 0.3) is 0 Å². The maximum absolute atomic E-state index is 12.7. The van der Waals surface area contributed by atoms with Gasteiger partial charge in [-0.25, -0.2) is 9.78 Å². The molecule has 29 heavy (non-hydrogen) atoms. The molecule has 0 spiro atoms. The van der Waals surface area contributed by atoms with Crippen LogP contribution < -0.4 is 14.8 Å². The van der Waals surface area contributed by atoms with E-state index in [9.17, 15) is 19.7 Å². The molecule has 0 saturated heterocycles. The number of nitro benzene ring substituents is 1. The number of anilines is 1. The molecule has 2 aromatic rings. The van der Waals surface area contributed by atoms with Gasteiger partial charge in [0, 0.05) is 13.2 Å².